The van der Waals surface area contributed by atoms with Crippen LogP contribution in [0.5, 0.6) is 0 Å². The standard InChI is InChI=1S/C61H35N7/c62-36-39-13-17-44(18-14-39)54-35-55(66-61(65-54)46-19-15-40(37-63)16-20-46)45-27-25-42(26-28-45)41-21-23-43(24-22-41)47-29-31-56(48(33-47)38-64)68-59-12-6-3-9-52(59)53-34-49(30-32-60(53)68)67-57-10-4-1-7-50(57)51-8-2-5-11-58(51)67/h1-35H. The Hall–Kier alpha value is -9.87. The second-order valence-corrected chi connectivity index (χ2v) is 16.8. The smallest absolute Gasteiger partial charge is 0.160 e. The number of nitriles is 3. The van der Waals surface area contributed by atoms with Crippen molar-refractivity contribution in [3.63, 3.8) is 0 Å². The van der Waals surface area contributed by atoms with Crippen molar-refractivity contribution in [2.75, 3.05) is 0 Å². The summed E-state index contributed by atoms with van der Waals surface area (Å²) in [6.45, 7) is 0. The molecule has 0 saturated heterocycles. The maximum atomic E-state index is 10.7. The van der Waals surface area contributed by atoms with E-state index in [4.69, 9.17) is 9.97 Å². The Morgan fingerprint density at radius 2 is 0.750 bits per heavy atom. The fraction of sp³-hybridized carbons (Fsp3) is 0. The predicted octanol–water partition coefficient (Wildman–Crippen LogP) is 14.6. The van der Waals surface area contributed by atoms with Gasteiger partial charge in [-0.25, -0.2) is 9.97 Å². The molecule has 7 nitrogen and oxygen atoms in total. The third-order valence-electron chi connectivity index (χ3n) is 12.9. The molecule has 0 saturated carbocycles. The van der Waals surface area contributed by atoms with Crippen LogP contribution in [0, 0.1) is 34.0 Å². The fourth-order valence-corrected chi connectivity index (χ4v) is 9.53. The van der Waals surface area contributed by atoms with Crippen LogP contribution in [-0.4, -0.2) is 19.1 Å². The summed E-state index contributed by atoms with van der Waals surface area (Å²) in [5.74, 6) is 0.540. The lowest BCUT2D eigenvalue weighted by Gasteiger charge is -2.13. The minimum atomic E-state index is 0.540. The second kappa shape index (κ2) is 16.3. The first-order valence-electron chi connectivity index (χ1n) is 22.2. The number of para-hydroxylation sites is 3. The summed E-state index contributed by atoms with van der Waals surface area (Å²) in [5.41, 5.74) is 16.2. The summed E-state index contributed by atoms with van der Waals surface area (Å²) >= 11 is 0. The number of rotatable bonds is 7. The van der Waals surface area contributed by atoms with Gasteiger partial charge in [-0.3, -0.25) is 0 Å². The number of aromatic nitrogens is 4. The van der Waals surface area contributed by atoms with Gasteiger partial charge in [0.1, 0.15) is 6.07 Å². The van der Waals surface area contributed by atoms with E-state index in [1.165, 1.54) is 10.8 Å². The molecule has 0 N–H and O–H groups in total. The molecule has 3 heterocycles. The van der Waals surface area contributed by atoms with E-state index < -0.39 is 0 Å². The average Bonchev–Trinajstić information content (AvgIpc) is 3.93. The van der Waals surface area contributed by atoms with Crippen molar-refractivity contribution in [2.45, 2.75) is 0 Å². The molecule has 7 heteroatoms. The monoisotopic (exact) mass is 865 g/mol. The molecule has 0 aliphatic heterocycles. The van der Waals surface area contributed by atoms with Crippen molar-refractivity contribution in [1.82, 2.24) is 19.1 Å². The van der Waals surface area contributed by atoms with E-state index in [0.29, 0.717) is 22.5 Å². The molecule has 0 atom stereocenters. The zero-order valence-corrected chi connectivity index (χ0v) is 36.3. The van der Waals surface area contributed by atoms with Gasteiger partial charge in [-0.2, -0.15) is 15.8 Å². The lowest BCUT2D eigenvalue weighted by molar-refractivity contribution is 1.16. The number of fused-ring (bicyclic) bond motifs is 6. The van der Waals surface area contributed by atoms with Gasteiger partial charge in [0, 0.05) is 43.9 Å². The first-order chi connectivity index (χ1) is 33.5. The van der Waals surface area contributed by atoms with E-state index in [1.54, 1.807) is 24.3 Å². The van der Waals surface area contributed by atoms with Crippen LogP contribution in [0.4, 0.5) is 0 Å². The molecule has 314 valence electrons. The molecule has 12 rings (SSSR count). The van der Waals surface area contributed by atoms with Crippen molar-refractivity contribution in [3.8, 4) is 85.7 Å². The van der Waals surface area contributed by atoms with Crippen molar-refractivity contribution in [3.05, 3.63) is 229 Å². The van der Waals surface area contributed by atoms with E-state index in [9.17, 15) is 15.8 Å². The predicted molar refractivity (Wildman–Crippen MR) is 272 cm³/mol. The number of hydrogen-bond acceptors (Lipinski definition) is 5. The molecule has 0 fully saturated rings. The minimum absolute atomic E-state index is 0.540. The lowest BCUT2D eigenvalue weighted by atomic mass is 9.97. The summed E-state index contributed by atoms with van der Waals surface area (Å²) in [4.78, 5) is 9.85. The SMILES string of the molecule is N#Cc1ccc(-c2cc(-c3ccc(-c4ccc(-c5ccc(-n6c7ccccc7c7cc(-n8c9ccccc9c9ccccc98)ccc76)c(C#N)c5)cc4)cc3)nc(-c3ccc(C#N)cc3)n2)cc1. The van der Waals surface area contributed by atoms with Crippen LogP contribution in [-0.2, 0) is 0 Å². The molecule has 12 aromatic rings. The maximum Gasteiger partial charge on any atom is 0.160 e. The van der Waals surface area contributed by atoms with Gasteiger partial charge in [-0.05, 0) is 113 Å². The Balaban J connectivity index is 0.856. The van der Waals surface area contributed by atoms with Gasteiger partial charge < -0.3 is 9.13 Å². The summed E-state index contributed by atoms with van der Waals surface area (Å²) in [6.07, 6.45) is 0. The van der Waals surface area contributed by atoms with Crippen molar-refractivity contribution in [1.29, 1.82) is 15.8 Å². The van der Waals surface area contributed by atoms with Crippen LogP contribution >= 0.6 is 0 Å². The molecule has 9 aromatic carbocycles. The van der Waals surface area contributed by atoms with Gasteiger partial charge in [0.15, 0.2) is 5.82 Å². The molecular formula is C61H35N7. The van der Waals surface area contributed by atoms with E-state index in [0.717, 1.165) is 94.5 Å². The summed E-state index contributed by atoms with van der Waals surface area (Å²) in [6, 6.07) is 78.6. The highest BCUT2D eigenvalue weighted by atomic mass is 15.0. The molecule has 0 aliphatic carbocycles. The first-order valence-corrected chi connectivity index (χ1v) is 22.2. The largest absolute Gasteiger partial charge is 0.309 e. The van der Waals surface area contributed by atoms with Crippen molar-refractivity contribution >= 4 is 43.6 Å². The van der Waals surface area contributed by atoms with E-state index in [2.05, 4.69) is 179 Å². The Morgan fingerprint density at radius 3 is 1.28 bits per heavy atom. The normalized spacial score (nSPS) is 11.2. The third-order valence-corrected chi connectivity index (χ3v) is 12.9. The third kappa shape index (κ3) is 6.74. The molecule has 0 spiro atoms. The number of nitrogens with zero attached hydrogens (tertiary/aromatic N) is 7. The molecule has 3 aromatic heterocycles. The van der Waals surface area contributed by atoms with Gasteiger partial charge in [-0.1, -0.05) is 121 Å². The van der Waals surface area contributed by atoms with Gasteiger partial charge >= 0.3 is 0 Å². The van der Waals surface area contributed by atoms with Crippen LogP contribution in [0.25, 0.3) is 111 Å². The zero-order chi connectivity index (χ0) is 45.7. The number of benzene rings is 9. The van der Waals surface area contributed by atoms with Crippen molar-refractivity contribution < 1.29 is 0 Å². The van der Waals surface area contributed by atoms with Crippen molar-refractivity contribution in [2.24, 2.45) is 0 Å². The summed E-state index contributed by atoms with van der Waals surface area (Å²) < 4.78 is 4.57. The van der Waals surface area contributed by atoms with Crippen LogP contribution in [0.2, 0.25) is 0 Å². The molecule has 0 radical (unpaired) electrons. The molecule has 68 heavy (non-hydrogen) atoms. The quantitative estimate of drug-likeness (QED) is 0.159. The van der Waals surface area contributed by atoms with Gasteiger partial charge in [0.2, 0.25) is 0 Å². The van der Waals surface area contributed by atoms with Crippen LogP contribution < -0.4 is 0 Å². The van der Waals surface area contributed by atoms with Gasteiger partial charge in [0.25, 0.3) is 0 Å². The maximum absolute atomic E-state index is 10.7. The number of hydrogen-bond donors (Lipinski definition) is 0. The van der Waals surface area contributed by atoms with E-state index in [-0.39, 0.29) is 0 Å². The Labute approximate surface area is 391 Å². The Bertz CT molecular complexity index is 3950. The van der Waals surface area contributed by atoms with Gasteiger partial charge in [-0.15, -0.1) is 0 Å². The fourth-order valence-electron chi connectivity index (χ4n) is 9.53. The summed E-state index contributed by atoms with van der Waals surface area (Å²) in [7, 11) is 0. The van der Waals surface area contributed by atoms with Crippen LogP contribution in [0.3, 0.4) is 0 Å². The highest BCUT2D eigenvalue weighted by Crippen LogP contribution is 2.39. The Morgan fingerprint density at radius 1 is 0.324 bits per heavy atom. The highest BCUT2D eigenvalue weighted by molar-refractivity contribution is 6.12. The Kier molecular flexibility index (Phi) is 9.51. The summed E-state index contributed by atoms with van der Waals surface area (Å²) in [5, 5.41) is 34.1. The first kappa shape index (κ1) is 39.7. The molecule has 0 bridgehead atoms. The topological polar surface area (TPSA) is 107 Å². The molecule has 0 amide bonds. The molecular weight excluding hydrogens is 831 g/mol. The zero-order valence-electron chi connectivity index (χ0n) is 36.3. The van der Waals surface area contributed by atoms with Crippen LogP contribution in [0.15, 0.2) is 212 Å². The minimum Gasteiger partial charge on any atom is -0.309 e. The van der Waals surface area contributed by atoms with Gasteiger partial charge in [0.05, 0.1) is 68.0 Å². The second-order valence-electron chi connectivity index (χ2n) is 16.8. The lowest BCUT2D eigenvalue weighted by Crippen LogP contribution is -1.98. The highest BCUT2D eigenvalue weighted by Gasteiger charge is 2.19. The van der Waals surface area contributed by atoms with E-state index in [1.807, 2.05) is 36.4 Å². The van der Waals surface area contributed by atoms with E-state index >= 15 is 0 Å². The molecule has 0 unspecified atom stereocenters. The van der Waals surface area contributed by atoms with Crippen LogP contribution in [0.1, 0.15) is 16.7 Å². The molecule has 0 aliphatic rings. The average molecular weight is 866 g/mol.